The zero-order chi connectivity index (χ0) is 17.3. The van der Waals surface area contributed by atoms with Crippen molar-refractivity contribution in [3.05, 3.63) is 46.7 Å². The topological polar surface area (TPSA) is 65.7 Å². The van der Waals surface area contributed by atoms with Crippen LogP contribution in [0.25, 0.3) is 21.9 Å². The molecule has 0 bridgehead atoms. The van der Waals surface area contributed by atoms with Crippen molar-refractivity contribution >= 4 is 27.8 Å². The second-order valence-corrected chi connectivity index (χ2v) is 6.25. The van der Waals surface area contributed by atoms with E-state index >= 15 is 0 Å². The van der Waals surface area contributed by atoms with Crippen LogP contribution < -0.4 is 0 Å². The lowest BCUT2D eigenvalue weighted by Gasteiger charge is -2.03. The molecular weight excluding hydrogens is 326 g/mol. The van der Waals surface area contributed by atoms with Crippen molar-refractivity contribution in [3.8, 4) is 11.4 Å². The highest BCUT2D eigenvalue weighted by molar-refractivity contribution is 7.18. The predicted octanol–water partition coefficient (Wildman–Crippen LogP) is 3.23. The molecule has 0 unspecified atom stereocenters. The Kier molecular flexibility index (Phi) is 4.35. The summed E-state index contributed by atoms with van der Waals surface area (Å²) in [7, 11) is 2.83. The molecule has 2 heterocycles. The first-order valence-electron chi connectivity index (χ1n) is 7.30. The summed E-state index contributed by atoms with van der Waals surface area (Å²) < 4.78 is 11.6. The van der Waals surface area contributed by atoms with Gasteiger partial charge in [-0.3, -0.25) is 0 Å². The van der Waals surface area contributed by atoms with Crippen LogP contribution in [0.4, 0.5) is 0 Å². The van der Waals surface area contributed by atoms with Crippen molar-refractivity contribution in [3.63, 3.8) is 0 Å². The maximum Gasteiger partial charge on any atom is 0.342 e. The van der Waals surface area contributed by atoms with Crippen LogP contribution in [-0.4, -0.2) is 34.8 Å². The van der Waals surface area contributed by atoms with Crippen molar-refractivity contribution < 1.29 is 14.3 Å². The third-order valence-corrected chi connectivity index (χ3v) is 4.78. The minimum Gasteiger partial charge on any atom is -0.503 e. The number of carbonyl (C=O) groups is 1. The molecule has 124 valence electrons. The molecule has 0 saturated heterocycles. The van der Waals surface area contributed by atoms with Crippen molar-refractivity contribution in [2.75, 3.05) is 14.2 Å². The molecule has 0 aliphatic carbocycles. The van der Waals surface area contributed by atoms with Gasteiger partial charge in [0.25, 0.3) is 0 Å². The number of fused-ring (bicyclic) bond motifs is 1. The summed E-state index contributed by atoms with van der Waals surface area (Å²) in [6.07, 6.45) is 1.38. The summed E-state index contributed by atoms with van der Waals surface area (Å²) in [6, 6.07) is 8.05. The average molecular weight is 343 g/mol. The van der Waals surface area contributed by atoms with E-state index < -0.39 is 5.97 Å². The Balaban J connectivity index is 2.07. The van der Waals surface area contributed by atoms with E-state index in [1.54, 1.807) is 4.52 Å². The molecule has 0 radical (unpaired) electrons. The molecule has 6 nitrogen and oxygen atoms in total. The molecule has 0 fully saturated rings. The van der Waals surface area contributed by atoms with Crippen molar-refractivity contribution in [2.45, 2.75) is 13.8 Å². The Morgan fingerprint density at radius 2 is 1.92 bits per heavy atom. The number of ether oxygens (including phenoxy) is 2. The largest absolute Gasteiger partial charge is 0.503 e. The molecular formula is C17H17N3O3S. The van der Waals surface area contributed by atoms with E-state index in [1.807, 2.05) is 38.1 Å². The second kappa shape index (κ2) is 6.45. The van der Waals surface area contributed by atoms with Gasteiger partial charge in [-0.05, 0) is 13.8 Å². The molecule has 0 aliphatic rings. The molecule has 3 aromatic rings. The number of methoxy groups -OCH3 is 2. The van der Waals surface area contributed by atoms with Gasteiger partial charge in [-0.2, -0.15) is 4.98 Å². The van der Waals surface area contributed by atoms with Crippen molar-refractivity contribution in [2.24, 2.45) is 0 Å². The quantitative estimate of drug-likeness (QED) is 0.413. The molecule has 0 aliphatic heterocycles. The lowest BCUT2D eigenvalue weighted by Crippen LogP contribution is -2.05. The van der Waals surface area contributed by atoms with Crippen LogP contribution >= 0.6 is 11.3 Å². The highest BCUT2D eigenvalue weighted by Crippen LogP contribution is 2.30. The number of rotatable bonds is 4. The summed E-state index contributed by atoms with van der Waals surface area (Å²) in [6.45, 7) is 3.93. The van der Waals surface area contributed by atoms with E-state index in [1.165, 1.54) is 37.4 Å². The number of hydrogen-bond acceptors (Lipinski definition) is 6. The van der Waals surface area contributed by atoms with Gasteiger partial charge in [0.15, 0.2) is 5.82 Å². The van der Waals surface area contributed by atoms with Crippen LogP contribution in [0.3, 0.4) is 0 Å². The summed E-state index contributed by atoms with van der Waals surface area (Å²) in [5.41, 5.74) is 3.31. The van der Waals surface area contributed by atoms with Gasteiger partial charge in [-0.25, -0.2) is 9.31 Å². The summed E-state index contributed by atoms with van der Waals surface area (Å²) >= 11 is 1.37. The van der Waals surface area contributed by atoms with E-state index in [4.69, 9.17) is 9.47 Å². The number of nitrogens with zero attached hydrogens (tertiary/aromatic N) is 3. The van der Waals surface area contributed by atoms with Crippen LogP contribution in [0, 0.1) is 13.8 Å². The fourth-order valence-corrected chi connectivity index (χ4v) is 3.40. The zero-order valence-electron chi connectivity index (χ0n) is 13.9. The molecule has 0 spiro atoms. The van der Waals surface area contributed by atoms with Gasteiger partial charge >= 0.3 is 5.97 Å². The number of aryl methyl sites for hydroxylation is 2. The smallest absolute Gasteiger partial charge is 0.342 e. The number of hydrogen-bond donors (Lipinski definition) is 0. The molecule has 3 rings (SSSR count). The zero-order valence-corrected chi connectivity index (χ0v) is 14.7. The van der Waals surface area contributed by atoms with Gasteiger partial charge in [0, 0.05) is 5.56 Å². The molecule has 0 N–H and O–H groups in total. The highest BCUT2D eigenvalue weighted by atomic mass is 32.1. The first kappa shape index (κ1) is 16.2. The van der Waals surface area contributed by atoms with E-state index in [-0.39, 0.29) is 0 Å². The van der Waals surface area contributed by atoms with Crippen LogP contribution in [0.2, 0.25) is 0 Å². The van der Waals surface area contributed by atoms with Gasteiger partial charge in [0.1, 0.15) is 5.57 Å². The standard InChI is InChI=1S/C17H17N3O3S/c1-10-5-7-12(8-6-10)15-18-17-20(19-15)11(2)14(24-17)13(9-22-3)16(21)23-4/h5-9H,1-4H3. The molecule has 24 heavy (non-hydrogen) atoms. The van der Waals surface area contributed by atoms with Gasteiger partial charge in [-0.1, -0.05) is 41.2 Å². The Labute approximate surface area is 143 Å². The van der Waals surface area contributed by atoms with E-state index in [2.05, 4.69) is 10.1 Å². The minimum absolute atomic E-state index is 0.353. The van der Waals surface area contributed by atoms with Gasteiger partial charge in [0.05, 0.1) is 31.1 Å². The Hall–Kier alpha value is -2.67. The van der Waals surface area contributed by atoms with Gasteiger partial charge in [-0.15, -0.1) is 5.10 Å². The van der Waals surface area contributed by atoms with Crippen molar-refractivity contribution in [1.29, 1.82) is 0 Å². The Morgan fingerprint density at radius 1 is 1.21 bits per heavy atom. The molecule has 0 amide bonds. The van der Waals surface area contributed by atoms with Crippen LogP contribution in [0.15, 0.2) is 30.5 Å². The van der Waals surface area contributed by atoms with Crippen LogP contribution in [0.1, 0.15) is 16.1 Å². The number of esters is 1. The van der Waals surface area contributed by atoms with Crippen LogP contribution in [-0.2, 0) is 14.3 Å². The summed E-state index contributed by atoms with van der Waals surface area (Å²) in [4.78, 5) is 18.0. The van der Waals surface area contributed by atoms with Crippen molar-refractivity contribution in [1.82, 2.24) is 14.6 Å². The van der Waals surface area contributed by atoms with E-state index in [0.29, 0.717) is 16.4 Å². The van der Waals surface area contributed by atoms with E-state index in [9.17, 15) is 4.79 Å². The van der Waals surface area contributed by atoms with E-state index in [0.717, 1.165) is 16.1 Å². The minimum atomic E-state index is -0.455. The number of carbonyl (C=O) groups excluding carboxylic acids is 1. The average Bonchev–Trinajstić information content (AvgIpc) is 3.12. The maximum absolute atomic E-state index is 12.0. The van der Waals surface area contributed by atoms with Gasteiger partial charge < -0.3 is 9.47 Å². The molecule has 1 aromatic carbocycles. The number of aromatic nitrogens is 3. The molecule has 2 aromatic heterocycles. The fraction of sp³-hybridized carbons (Fsp3) is 0.235. The highest BCUT2D eigenvalue weighted by Gasteiger charge is 2.22. The lowest BCUT2D eigenvalue weighted by molar-refractivity contribution is -0.133. The summed E-state index contributed by atoms with van der Waals surface area (Å²) in [5, 5.41) is 4.56. The summed E-state index contributed by atoms with van der Waals surface area (Å²) in [5.74, 6) is 0.203. The third-order valence-electron chi connectivity index (χ3n) is 3.61. The number of thiazole rings is 1. The lowest BCUT2D eigenvalue weighted by atomic mass is 10.1. The molecule has 0 atom stereocenters. The van der Waals surface area contributed by atoms with Crippen LogP contribution in [0.5, 0.6) is 0 Å². The first-order valence-corrected chi connectivity index (χ1v) is 8.11. The Bertz CT molecular complexity index is 923. The maximum atomic E-state index is 12.0. The SMILES string of the molecule is COC=C(C(=O)OC)c1sc2nc(-c3ccc(C)cc3)nn2c1C. The predicted molar refractivity (Wildman–Crippen MR) is 92.8 cm³/mol. The van der Waals surface area contributed by atoms with Gasteiger partial charge in [0.2, 0.25) is 4.96 Å². The molecule has 0 saturated carbocycles. The Morgan fingerprint density at radius 3 is 2.50 bits per heavy atom. The molecule has 7 heteroatoms. The third kappa shape index (κ3) is 2.78. The second-order valence-electron chi connectivity index (χ2n) is 5.27. The monoisotopic (exact) mass is 343 g/mol. The first-order chi connectivity index (χ1) is 11.5. The normalized spacial score (nSPS) is 11.8. The number of benzene rings is 1. The fourth-order valence-electron chi connectivity index (χ4n) is 2.34.